The van der Waals surface area contributed by atoms with Crippen LogP contribution in [0.1, 0.15) is 55.2 Å². The average Bonchev–Trinajstić information content (AvgIpc) is 3.55. The number of hydrogen-bond donors (Lipinski definition) is 2. The highest BCUT2D eigenvalue weighted by molar-refractivity contribution is 5.97. The summed E-state index contributed by atoms with van der Waals surface area (Å²) in [5, 5.41) is 18.4. The maximum atomic E-state index is 13.3. The Morgan fingerprint density at radius 2 is 2.03 bits per heavy atom. The smallest absolute Gasteiger partial charge is 0.291 e. The lowest BCUT2D eigenvalue weighted by Gasteiger charge is -2.34. The minimum absolute atomic E-state index is 0.0223. The molecule has 0 bridgehead atoms. The van der Waals surface area contributed by atoms with Crippen LogP contribution in [0.5, 0.6) is 5.88 Å². The lowest BCUT2D eigenvalue weighted by atomic mass is 9.96. The number of carbonyl (C=O) groups excluding carboxylic acids is 2. The van der Waals surface area contributed by atoms with Crippen molar-refractivity contribution < 1.29 is 24.2 Å². The van der Waals surface area contributed by atoms with E-state index in [4.69, 9.17) is 9.47 Å². The summed E-state index contributed by atoms with van der Waals surface area (Å²) >= 11 is 0. The van der Waals surface area contributed by atoms with E-state index in [1.54, 1.807) is 25.0 Å². The molecule has 2 aromatic heterocycles. The second kappa shape index (κ2) is 10.1. The Kier molecular flexibility index (Phi) is 7.24. The lowest BCUT2D eigenvalue weighted by Crippen LogP contribution is -2.50. The Labute approximate surface area is 209 Å². The SMILES string of the molecule is COC[C@H]1COCCN1C(=O)/C=C/c1c(C)nn2c(=O)c(C(=O)NC3CC3)c(O)n(CC(C)(C)C)c12. The van der Waals surface area contributed by atoms with Gasteiger partial charge in [0.2, 0.25) is 11.8 Å². The van der Waals surface area contributed by atoms with E-state index in [1.807, 2.05) is 20.8 Å². The highest BCUT2D eigenvalue weighted by Gasteiger charge is 2.31. The molecule has 4 rings (SSSR count). The molecule has 2 fully saturated rings. The Morgan fingerprint density at radius 1 is 1.31 bits per heavy atom. The molecule has 2 aliphatic rings. The number of nitrogens with one attached hydrogen (secondary N) is 1. The molecule has 0 radical (unpaired) electrons. The quantitative estimate of drug-likeness (QED) is 0.548. The predicted octanol–water partition coefficient (Wildman–Crippen LogP) is 1.34. The zero-order valence-corrected chi connectivity index (χ0v) is 21.5. The highest BCUT2D eigenvalue weighted by Crippen LogP contribution is 2.28. The Hall–Kier alpha value is -3.18. The molecule has 1 atom stereocenters. The maximum absolute atomic E-state index is 13.3. The third kappa shape index (κ3) is 5.31. The van der Waals surface area contributed by atoms with Gasteiger partial charge in [0.25, 0.3) is 11.5 Å². The summed E-state index contributed by atoms with van der Waals surface area (Å²) in [7, 11) is 1.58. The first-order valence-electron chi connectivity index (χ1n) is 12.2. The van der Waals surface area contributed by atoms with E-state index < -0.39 is 17.3 Å². The summed E-state index contributed by atoms with van der Waals surface area (Å²) in [5.74, 6) is -1.23. The molecule has 1 saturated carbocycles. The van der Waals surface area contributed by atoms with Crippen molar-refractivity contribution in [2.75, 3.05) is 33.5 Å². The summed E-state index contributed by atoms with van der Waals surface area (Å²) in [4.78, 5) is 40.9. The molecule has 1 aliphatic heterocycles. The molecular formula is C25H35N5O6. The number of morpholine rings is 1. The predicted molar refractivity (Wildman–Crippen MR) is 133 cm³/mol. The van der Waals surface area contributed by atoms with Gasteiger partial charge in [-0.2, -0.15) is 9.61 Å². The fraction of sp³-hybridized carbons (Fsp3) is 0.600. The zero-order valence-electron chi connectivity index (χ0n) is 21.5. The fourth-order valence-corrected chi connectivity index (χ4v) is 4.39. The van der Waals surface area contributed by atoms with Gasteiger partial charge >= 0.3 is 0 Å². The third-order valence-electron chi connectivity index (χ3n) is 6.26. The number of fused-ring (bicyclic) bond motifs is 1. The first-order chi connectivity index (χ1) is 17.0. The average molecular weight is 502 g/mol. The van der Waals surface area contributed by atoms with Crippen LogP contribution in [0.3, 0.4) is 0 Å². The van der Waals surface area contributed by atoms with Gasteiger partial charge in [-0.05, 0) is 31.3 Å². The minimum Gasteiger partial charge on any atom is -0.494 e. The number of amides is 2. The van der Waals surface area contributed by atoms with Gasteiger partial charge < -0.3 is 24.8 Å². The van der Waals surface area contributed by atoms with E-state index in [1.165, 1.54) is 10.6 Å². The van der Waals surface area contributed by atoms with Crippen LogP contribution >= 0.6 is 0 Å². The first kappa shape index (κ1) is 25.9. The molecule has 1 aliphatic carbocycles. The standard InChI is InChI=1S/C25H35N5O6/c1-15-18(8-9-19(31)28-10-11-36-13-17(28)12-35-5)22-29(14-25(2,3)4)23(33)20(24(34)30(22)27-15)21(32)26-16-6-7-16/h8-9,16-17,33H,6-7,10-14H2,1-5H3,(H,26,32)/b9-8+/t17-/m0/s1. The van der Waals surface area contributed by atoms with Crippen molar-refractivity contribution in [2.45, 2.75) is 59.2 Å². The number of methoxy groups -OCH3 is 1. The van der Waals surface area contributed by atoms with Crippen molar-refractivity contribution in [1.82, 2.24) is 24.4 Å². The van der Waals surface area contributed by atoms with Gasteiger partial charge in [0.1, 0.15) is 5.65 Å². The number of aromatic hydroxyl groups is 1. The van der Waals surface area contributed by atoms with Crippen LogP contribution in [0.25, 0.3) is 11.7 Å². The number of rotatable bonds is 7. The lowest BCUT2D eigenvalue weighted by molar-refractivity contribution is -0.136. The molecule has 11 nitrogen and oxygen atoms in total. The van der Waals surface area contributed by atoms with Gasteiger partial charge in [-0.25, -0.2) is 0 Å². The van der Waals surface area contributed by atoms with E-state index in [0.29, 0.717) is 49.8 Å². The molecule has 196 valence electrons. The van der Waals surface area contributed by atoms with Crippen molar-refractivity contribution in [2.24, 2.45) is 5.41 Å². The Bertz CT molecular complexity index is 1250. The Balaban J connectivity index is 1.79. The topological polar surface area (TPSA) is 127 Å². The van der Waals surface area contributed by atoms with Crippen molar-refractivity contribution in [3.05, 3.63) is 33.3 Å². The van der Waals surface area contributed by atoms with Gasteiger partial charge in [-0.1, -0.05) is 20.8 Å². The summed E-state index contributed by atoms with van der Waals surface area (Å²) in [6.07, 6.45) is 4.75. The van der Waals surface area contributed by atoms with Gasteiger partial charge in [0, 0.05) is 37.9 Å². The first-order valence-corrected chi connectivity index (χ1v) is 12.2. The van der Waals surface area contributed by atoms with E-state index in [9.17, 15) is 19.5 Å². The number of hydrogen-bond acceptors (Lipinski definition) is 7. The summed E-state index contributed by atoms with van der Waals surface area (Å²) < 4.78 is 13.4. The van der Waals surface area contributed by atoms with Crippen LogP contribution in [0.2, 0.25) is 0 Å². The normalized spacial score (nSPS) is 18.8. The largest absolute Gasteiger partial charge is 0.494 e. The van der Waals surface area contributed by atoms with E-state index in [0.717, 1.165) is 17.4 Å². The van der Waals surface area contributed by atoms with Crippen LogP contribution in [-0.2, 0) is 20.8 Å². The zero-order chi connectivity index (χ0) is 26.2. The minimum atomic E-state index is -0.701. The van der Waals surface area contributed by atoms with Crippen LogP contribution in [0, 0.1) is 12.3 Å². The molecule has 36 heavy (non-hydrogen) atoms. The summed E-state index contributed by atoms with van der Waals surface area (Å²) in [6, 6.07) is -0.171. The number of nitrogens with zero attached hydrogens (tertiary/aromatic N) is 4. The molecule has 3 heterocycles. The third-order valence-corrected chi connectivity index (χ3v) is 6.26. The monoisotopic (exact) mass is 501 g/mol. The van der Waals surface area contributed by atoms with Gasteiger partial charge in [0.15, 0.2) is 5.56 Å². The molecule has 0 aromatic carbocycles. The molecule has 2 aromatic rings. The van der Waals surface area contributed by atoms with Crippen molar-refractivity contribution in [3.8, 4) is 5.88 Å². The van der Waals surface area contributed by atoms with E-state index in [-0.39, 0.29) is 29.0 Å². The van der Waals surface area contributed by atoms with Gasteiger partial charge in [-0.15, -0.1) is 0 Å². The summed E-state index contributed by atoms with van der Waals surface area (Å²) in [5.41, 5.74) is 0.0103. The maximum Gasteiger partial charge on any atom is 0.291 e. The van der Waals surface area contributed by atoms with Crippen molar-refractivity contribution in [1.29, 1.82) is 0 Å². The highest BCUT2D eigenvalue weighted by atomic mass is 16.5. The molecule has 0 spiro atoms. The van der Waals surface area contributed by atoms with Crippen LogP contribution in [0.4, 0.5) is 0 Å². The second-order valence-electron chi connectivity index (χ2n) is 10.7. The number of aromatic nitrogens is 3. The molecular weight excluding hydrogens is 466 g/mol. The summed E-state index contributed by atoms with van der Waals surface area (Å²) in [6.45, 7) is 9.64. The van der Waals surface area contributed by atoms with Crippen LogP contribution in [0.15, 0.2) is 10.9 Å². The van der Waals surface area contributed by atoms with Crippen LogP contribution in [-0.4, -0.2) is 81.6 Å². The Morgan fingerprint density at radius 3 is 2.67 bits per heavy atom. The van der Waals surface area contributed by atoms with Crippen LogP contribution < -0.4 is 10.9 Å². The van der Waals surface area contributed by atoms with Crippen molar-refractivity contribution >= 4 is 23.5 Å². The molecule has 2 amide bonds. The number of carbonyl (C=O) groups is 2. The fourth-order valence-electron chi connectivity index (χ4n) is 4.39. The number of ether oxygens (including phenoxy) is 2. The number of aryl methyl sites for hydroxylation is 1. The van der Waals surface area contributed by atoms with E-state index >= 15 is 0 Å². The van der Waals surface area contributed by atoms with Gasteiger partial charge in [-0.3, -0.25) is 19.0 Å². The second-order valence-corrected chi connectivity index (χ2v) is 10.7. The van der Waals surface area contributed by atoms with Gasteiger partial charge in [0.05, 0.1) is 31.6 Å². The van der Waals surface area contributed by atoms with Crippen molar-refractivity contribution in [3.63, 3.8) is 0 Å². The molecule has 1 saturated heterocycles. The molecule has 0 unspecified atom stereocenters. The van der Waals surface area contributed by atoms with E-state index in [2.05, 4.69) is 10.4 Å². The molecule has 2 N–H and O–H groups in total. The molecule has 11 heteroatoms.